The van der Waals surface area contributed by atoms with E-state index in [2.05, 4.69) is 15.6 Å². The van der Waals surface area contributed by atoms with E-state index < -0.39 is 12.0 Å². The Bertz CT molecular complexity index is 435. The Balaban J connectivity index is 1.83. The smallest absolute Gasteiger partial charge is 0.321 e. The number of carboxylic acids is 1. The molecule has 1 aliphatic carbocycles. The first-order valence-corrected chi connectivity index (χ1v) is 6.72. The minimum Gasteiger partial charge on any atom is -0.481 e. The van der Waals surface area contributed by atoms with Crippen molar-refractivity contribution in [2.75, 3.05) is 11.9 Å². The van der Waals surface area contributed by atoms with Crippen LogP contribution >= 0.6 is 11.3 Å². The predicted molar refractivity (Wildman–Crippen MR) is 68.0 cm³/mol. The lowest BCUT2D eigenvalue weighted by molar-refractivity contribution is -0.136. The molecule has 1 aromatic rings. The first-order valence-electron chi connectivity index (χ1n) is 5.90. The number of urea groups is 1. The van der Waals surface area contributed by atoms with Crippen LogP contribution in [0.2, 0.25) is 0 Å². The largest absolute Gasteiger partial charge is 0.481 e. The number of aliphatic carboxylic acids is 1. The second-order valence-corrected chi connectivity index (χ2v) is 5.20. The fraction of sp³-hybridized carbons (Fsp3) is 0.545. The lowest BCUT2D eigenvalue weighted by atomic mass is 10.0. The minimum atomic E-state index is -0.931. The van der Waals surface area contributed by atoms with Gasteiger partial charge < -0.3 is 10.4 Å². The van der Waals surface area contributed by atoms with Crippen LogP contribution in [0.15, 0.2) is 0 Å². The molecule has 6 nitrogen and oxygen atoms in total. The van der Waals surface area contributed by atoms with E-state index in [-0.39, 0.29) is 13.0 Å². The second-order valence-electron chi connectivity index (χ2n) is 4.12. The molecule has 0 saturated heterocycles. The maximum absolute atomic E-state index is 11.5. The summed E-state index contributed by atoms with van der Waals surface area (Å²) < 4.78 is 0. The third-order valence-electron chi connectivity index (χ3n) is 2.69. The summed E-state index contributed by atoms with van der Waals surface area (Å²) in [7, 11) is 0. The number of carbonyl (C=O) groups is 2. The van der Waals surface area contributed by atoms with E-state index in [4.69, 9.17) is 5.11 Å². The summed E-state index contributed by atoms with van der Waals surface area (Å²) in [5.74, 6) is -0.931. The van der Waals surface area contributed by atoms with Gasteiger partial charge in [-0.25, -0.2) is 9.78 Å². The number of aromatic nitrogens is 1. The van der Waals surface area contributed by atoms with E-state index in [0.717, 1.165) is 25.0 Å². The molecular weight excluding hydrogens is 254 g/mol. The molecule has 2 amide bonds. The Morgan fingerprint density at radius 2 is 2.11 bits per heavy atom. The van der Waals surface area contributed by atoms with Crippen molar-refractivity contribution in [3.05, 3.63) is 10.6 Å². The van der Waals surface area contributed by atoms with Gasteiger partial charge in [-0.3, -0.25) is 10.1 Å². The van der Waals surface area contributed by atoms with Crippen molar-refractivity contribution in [3.8, 4) is 0 Å². The van der Waals surface area contributed by atoms with Gasteiger partial charge in [0.2, 0.25) is 0 Å². The third kappa shape index (κ3) is 3.43. The quantitative estimate of drug-likeness (QED) is 0.774. The van der Waals surface area contributed by atoms with Crippen molar-refractivity contribution in [1.82, 2.24) is 10.3 Å². The molecule has 1 aliphatic rings. The molecule has 0 radical (unpaired) electrons. The van der Waals surface area contributed by atoms with Crippen LogP contribution < -0.4 is 10.6 Å². The molecule has 0 spiro atoms. The van der Waals surface area contributed by atoms with E-state index in [1.165, 1.54) is 22.6 Å². The van der Waals surface area contributed by atoms with Crippen LogP contribution in [0.5, 0.6) is 0 Å². The fourth-order valence-corrected chi connectivity index (χ4v) is 2.87. The number of fused-ring (bicyclic) bond motifs is 1. The van der Waals surface area contributed by atoms with E-state index >= 15 is 0 Å². The summed E-state index contributed by atoms with van der Waals surface area (Å²) in [6, 6.07) is -0.401. The van der Waals surface area contributed by atoms with Gasteiger partial charge in [-0.2, -0.15) is 0 Å². The summed E-state index contributed by atoms with van der Waals surface area (Å²) in [6.07, 6.45) is 4.27. The average molecular weight is 269 g/mol. The SMILES string of the molecule is O=C(O)CCNC(=O)Nc1nc2c(s1)CCCC2. The minimum absolute atomic E-state index is 0.0816. The van der Waals surface area contributed by atoms with Crippen LogP contribution in [0.3, 0.4) is 0 Å². The summed E-state index contributed by atoms with van der Waals surface area (Å²) >= 11 is 1.50. The van der Waals surface area contributed by atoms with Crippen LogP contribution in [0.25, 0.3) is 0 Å². The van der Waals surface area contributed by atoms with Crippen LogP contribution in [0.4, 0.5) is 9.93 Å². The number of nitrogens with zero attached hydrogens (tertiary/aromatic N) is 1. The van der Waals surface area contributed by atoms with Crippen molar-refractivity contribution in [2.24, 2.45) is 0 Å². The molecule has 1 heterocycles. The Labute approximate surface area is 108 Å². The van der Waals surface area contributed by atoms with Crippen molar-refractivity contribution < 1.29 is 14.7 Å². The number of rotatable bonds is 4. The molecule has 0 atom stereocenters. The van der Waals surface area contributed by atoms with E-state index in [9.17, 15) is 9.59 Å². The molecule has 18 heavy (non-hydrogen) atoms. The number of nitrogens with one attached hydrogen (secondary N) is 2. The van der Waals surface area contributed by atoms with Gasteiger partial charge in [0.15, 0.2) is 5.13 Å². The maximum atomic E-state index is 11.5. The van der Waals surface area contributed by atoms with Gasteiger partial charge in [0.05, 0.1) is 12.1 Å². The molecule has 3 N–H and O–H groups in total. The third-order valence-corrected chi connectivity index (χ3v) is 3.76. The normalized spacial score (nSPS) is 13.8. The van der Waals surface area contributed by atoms with Crippen LogP contribution in [0.1, 0.15) is 29.8 Å². The highest BCUT2D eigenvalue weighted by molar-refractivity contribution is 7.15. The number of carbonyl (C=O) groups excluding carboxylic acids is 1. The van der Waals surface area contributed by atoms with Gasteiger partial charge in [-0.05, 0) is 25.7 Å². The molecule has 0 aliphatic heterocycles. The van der Waals surface area contributed by atoms with Gasteiger partial charge in [0.25, 0.3) is 0 Å². The van der Waals surface area contributed by atoms with Crippen molar-refractivity contribution >= 4 is 28.5 Å². The van der Waals surface area contributed by atoms with Crippen molar-refractivity contribution in [3.63, 3.8) is 0 Å². The van der Waals surface area contributed by atoms with Gasteiger partial charge in [0, 0.05) is 11.4 Å². The highest BCUT2D eigenvalue weighted by atomic mass is 32.1. The molecule has 98 valence electrons. The molecule has 0 aromatic carbocycles. The van der Waals surface area contributed by atoms with Crippen molar-refractivity contribution in [1.29, 1.82) is 0 Å². The number of thiazole rings is 1. The average Bonchev–Trinajstić information content (AvgIpc) is 2.70. The highest BCUT2D eigenvalue weighted by Gasteiger charge is 2.16. The second kappa shape index (κ2) is 5.81. The number of anilines is 1. The number of carboxylic acid groups (broad SMARTS) is 1. The monoisotopic (exact) mass is 269 g/mol. The topological polar surface area (TPSA) is 91.3 Å². The molecule has 0 unspecified atom stereocenters. The zero-order valence-electron chi connectivity index (χ0n) is 9.86. The van der Waals surface area contributed by atoms with Crippen LogP contribution in [-0.4, -0.2) is 28.6 Å². The van der Waals surface area contributed by atoms with Gasteiger partial charge >= 0.3 is 12.0 Å². The Hall–Kier alpha value is -1.63. The summed E-state index contributed by atoms with van der Waals surface area (Å²) in [6.45, 7) is 0.117. The van der Waals surface area contributed by atoms with Gasteiger partial charge in [-0.15, -0.1) is 11.3 Å². The van der Waals surface area contributed by atoms with Crippen LogP contribution in [-0.2, 0) is 17.6 Å². The number of amides is 2. The van der Waals surface area contributed by atoms with Gasteiger partial charge in [0.1, 0.15) is 0 Å². The first kappa shape index (κ1) is 12.8. The lowest BCUT2D eigenvalue weighted by Crippen LogP contribution is -2.30. The Morgan fingerprint density at radius 3 is 2.83 bits per heavy atom. The lowest BCUT2D eigenvalue weighted by Gasteiger charge is -2.06. The summed E-state index contributed by atoms with van der Waals surface area (Å²) in [5, 5.41) is 14.2. The molecule has 1 aromatic heterocycles. The van der Waals surface area contributed by atoms with E-state index in [1.54, 1.807) is 0 Å². The van der Waals surface area contributed by atoms with Crippen LogP contribution in [0, 0.1) is 0 Å². The maximum Gasteiger partial charge on any atom is 0.321 e. The van der Waals surface area contributed by atoms with E-state index in [1.807, 2.05) is 0 Å². The zero-order valence-corrected chi connectivity index (χ0v) is 10.7. The zero-order chi connectivity index (χ0) is 13.0. The molecule has 2 rings (SSSR count). The molecule has 0 bridgehead atoms. The molecule has 7 heteroatoms. The Kier molecular flexibility index (Phi) is 4.14. The predicted octanol–water partition coefficient (Wildman–Crippen LogP) is 1.62. The van der Waals surface area contributed by atoms with Gasteiger partial charge in [-0.1, -0.05) is 0 Å². The molecule has 0 fully saturated rings. The molecule has 0 saturated carbocycles. The standard InChI is InChI=1S/C11H15N3O3S/c15-9(16)5-6-12-10(17)14-11-13-7-3-1-2-4-8(7)18-11/h1-6H2,(H,15,16)(H2,12,13,14,17). The number of hydrogen-bond donors (Lipinski definition) is 3. The fourth-order valence-electron chi connectivity index (χ4n) is 1.83. The number of hydrogen-bond acceptors (Lipinski definition) is 4. The highest BCUT2D eigenvalue weighted by Crippen LogP contribution is 2.29. The molecular formula is C11H15N3O3S. The first-order chi connectivity index (χ1) is 8.65. The summed E-state index contributed by atoms with van der Waals surface area (Å²) in [5.41, 5.74) is 1.09. The number of aryl methyl sites for hydroxylation is 2. The summed E-state index contributed by atoms with van der Waals surface area (Å²) in [4.78, 5) is 27.4. The Morgan fingerprint density at radius 1 is 1.33 bits per heavy atom. The van der Waals surface area contributed by atoms with E-state index in [0.29, 0.717) is 5.13 Å². The van der Waals surface area contributed by atoms with Crippen molar-refractivity contribution in [2.45, 2.75) is 32.1 Å².